The highest BCUT2D eigenvalue weighted by atomic mass is 79.9. The molecule has 0 amide bonds. The van der Waals surface area contributed by atoms with Gasteiger partial charge in [-0.05, 0) is 53.7 Å². The van der Waals surface area contributed by atoms with E-state index in [2.05, 4.69) is 42.9 Å². The largest absolute Gasteiger partial charge is 0.370 e. The third-order valence-corrected chi connectivity index (χ3v) is 5.57. The molecule has 2 aromatic rings. The van der Waals surface area contributed by atoms with Gasteiger partial charge in [-0.15, -0.1) is 0 Å². The second-order valence-electron chi connectivity index (χ2n) is 6.50. The number of nitrogens with zero attached hydrogens (tertiary/aromatic N) is 4. The van der Waals surface area contributed by atoms with Crippen molar-refractivity contribution in [2.24, 2.45) is 0 Å². The Morgan fingerprint density at radius 2 is 1.74 bits per heavy atom. The molecule has 4 rings (SSSR count). The molecule has 0 unspecified atom stereocenters. The van der Waals surface area contributed by atoms with Crippen LogP contribution in [0.5, 0.6) is 0 Å². The summed E-state index contributed by atoms with van der Waals surface area (Å²) in [6.45, 7) is 2.28. The van der Waals surface area contributed by atoms with E-state index in [1.54, 1.807) is 0 Å². The summed E-state index contributed by atoms with van der Waals surface area (Å²) in [7, 11) is 0. The van der Waals surface area contributed by atoms with E-state index in [1.807, 2.05) is 12.4 Å². The molecule has 1 saturated carbocycles. The second-order valence-corrected chi connectivity index (χ2v) is 7.36. The highest BCUT2D eigenvalue weighted by molar-refractivity contribution is 9.10. The van der Waals surface area contributed by atoms with E-state index < -0.39 is 0 Å². The number of pyridine rings is 1. The highest BCUT2D eigenvalue weighted by Gasteiger charge is 2.22. The number of hydrogen-bond donors (Lipinski definition) is 0. The summed E-state index contributed by atoms with van der Waals surface area (Å²) in [4.78, 5) is 16.3. The molecule has 0 radical (unpaired) electrons. The number of aromatic nitrogens is 3. The van der Waals surface area contributed by atoms with Crippen molar-refractivity contribution >= 4 is 21.6 Å². The molecule has 3 heterocycles. The number of hydrogen-bond acceptors (Lipinski definition) is 4. The van der Waals surface area contributed by atoms with Gasteiger partial charge in [0, 0.05) is 25.2 Å². The molecule has 2 fully saturated rings. The standard InChI is InChI=1S/C18H21BrN4/c19-15-12-21-18(22-17(15)13-5-1-2-6-13)16-8-7-14(11-20-16)23-9-3-4-10-23/h7-8,11-13H,1-6,9-10H2. The van der Waals surface area contributed by atoms with Crippen LogP contribution in [0.3, 0.4) is 0 Å². The van der Waals surface area contributed by atoms with Crippen molar-refractivity contribution in [1.29, 1.82) is 0 Å². The van der Waals surface area contributed by atoms with Gasteiger partial charge in [-0.2, -0.15) is 0 Å². The van der Waals surface area contributed by atoms with Crippen molar-refractivity contribution in [2.45, 2.75) is 44.4 Å². The molecule has 0 N–H and O–H groups in total. The van der Waals surface area contributed by atoms with Crippen molar-refractivity contribution in [3.8, 4) is 11.5 Å². The molecule has 23 heavy (non-hydrogen) atoms. The second kappa shape index (κ2) is 6.56. The lowest BCUT2D eigenvalue weighted by Gasteiger charge is -2.17. The third kappa shape index (κ3) is 3.11. The predicted molar refractivity (Wildman–Crippen MR) is 95.6 cm³/mol. The summed E-state index contributed by atoms with van der Waals surface area (Å²) in [5.41, 5.74) is 3.22. The maximum Gasteiger partial charge on any atom is 0.178 e. The van der Waals surface area contributed by atoms with Gasteiger partial charge in [0.2, 0.25) is 0 Å². The average molecular weight is 373 g/mol. The summed E-state index contributed by atoms with van der Waals surface area (Å²) >= 11 is 3.62. The summed E-state index contributed by atoms with van der Waals surface area (Å²) < 4.78 is 1.03. The molecular formula is C18H21BrN4. The molecule has 1 aliphatic carbocycles. The predicted octanol–water partition coefficient (Wildman–Crippen LogP) is 4.56. The van der Waals surface area contributed by atoms with Crippen molar-refractivity contribution < 1.29 is 0 Å². The van der Waals surface area contributed by atoms with Gasteiger partial charge in [0.25, 0.3) is 0 Å². The summed E-state index contributed by atoms with van der Waals surface area (Å²) in [5.74, 6) is 1.30. The Bertz CT molecular complexity index is 674. The van der Waals surface area contributed by atoms with Gasteiger partial charge in [0.05, 0.1) is 22.1 Å². The van der Waals surface area contributed by atoms with Gasteiger partial charge in [-0.25, -0.2) is 9.97 Å². The molecule has 120 valence electrons. The first-order valence-corrected chi connectivity index (χ1v) is 9.34. The van der Waals surface area contributed by atoms with Crippen LogP contribution in [0.4, 0.5) is 5.69 Å². The van der Waals surface area contributed by atoms with Crippen LogP contribution in [0, 0.1) is 0 Å². The van der Waals surface area contributed by atoms with Crippen molar-refractivity contribution in [1.82, 2.24) is 15.0 Å². The van der Waals surface area contributed by atoms with Crippen LogP contribution in [-0.4, -0.2) is 28.0 Å². The van der Waals surface area contributed by atoms with Crippen LogP contribution in [0.15, 0.2) is 29.0 Å². The molecule has 0 bridgehead atoms. The Morgan fingerprint density at radius 3 is 2.43 bits per heavy atom. The number of halogens is 1. The van der Waals surface area contributed by atoms with Gasteiger partial charge < -0.3 is 4.90 Å². The van der Waals surface area contributed by atoms with E-state index in [0.29, 0.717) is 5.92 Å². The minimum Gasteiger partial charge on any atom is -0.370 e. The first-order chi connectivity index (χ1) is 11.3. The van der Waals surface area contributed by atoms with Crippen molar-refractivity contribution in [2.75, 3.05) is 18.0 Å². The Morgan fingerprint density at radius 1 is 0.957 bits per heavy atom. The fourth-order valence-electron chi connectivity index (χ4n) is 3.67. The van der Waals surface area contributed by atoms with Crippen LogP contribution in [-0.2, 0) is 0 Å². The summed E-state index contributed by atoms with van der Waals surface area (Å²) in [6, 6.07) is 4.20. The van der Waals surface area contributed by atoms with E-state index >= 15 is 0 Å². The van der Waals surface area contributed by atoms with Gasteiger partial charge in [0.15, 0.2) is 5.82 Å². The number of anilines is 1. The lowest BCUT2D eigenvalue weighted by molar-refractivity contribution is 0.690. The molecule has 2 aliphatic rings. The average Bonchev–Trinajstić information content (AvgIpc) is 3.29. The fraction of sp³-hybridized carbons (Fsp3) is 0.500. The van der Waals surface area contributed by atoms with Crippen LogP contribution >= 0.6 is 15.9 Å². The Hall–Kier alpha value is -1.49. The molecule has 5 heteroatoms. The smallest absolute Gasteiger partial charge is 0.178 e. The SMILES string of the molecule is Brc1cnc(-c2ccc(N3CCCC3)cn2)nc1C1CCCC1. The molecule has 2 aromatic heterocycles. The molecule has 0 spiro atoms. The maximum atomic E-state index is 4.82. The molecule has 1 aliphatic heterocycles. The van der Waals surface area contributed by atoms with E-state index in [0.717, 1.165) is 34.8 Å². The zero-order valence-corrected chi connectivity index (χ0v) is 14.8. The third-order valence-electron chi connectivity index (χ3n) is 4.96. The van der Waals surface area contributed by atoms with Crippen LogP contribution in [0.2, 0.25) is 0 Å². The minimum absolute atomic E-state index is 0.565. The van der Waals surface area contributed by atoms with Crippen molar-refractivity contribution in [3.63, 3.8) is 0 Å². The maximum absolute atomic E-state index is 4.82. The lowest BCUT2D eigenvalue weighted by Crippen LogP contribution is -2.17. The van der Waals surface area contributed by atoms with Gasteiger partial charge in [-0.3, -0.25) is 4.98 Å². The number of rotatable bonds is 3. The monoisotopic (exact) mass is 372 g/mol. The molecule has 4 nitrogen and oxygen atoms in total. The Balaban J connectivity index is 1.60. The van der Waals surface area contributed by atoms with Crippen LogP contribution in [0.25, 0.3) is 11.5 Å². The Labute approximate surface area is 145 Å². The topological polar surface area (TPSA) is 41.9 Å². The first-order valence-electron chi connectivity index (χ1n) is 8.55. The van der Waals surface area contributed by atoms with Gasteiger partial charge in [0.1, 0.15) is 5.69 Å². The first kappa shape index (κ1) is 15.1. The molecule has 0 atom stereocenters. The minimum atomic E-state index is 0.565. The fourth-order valence-corrected chi connectivity index (χ4v) is 4.18. The zero-order valence-electron chi connectivity index (χ0n) is 13.2. The van der Waals surface area contributed by atoms with Gasteiger partial charge in [-0.1, -0.05) is 12.8 Å². The Kier molecular flexibility index (Phi) is 4.29. The normalized spacial score (nSPS) is 18.7. The van der Waals surface area contributed by atoms with Gasteiger partial charge >= 0.3 is 0 Å². The molecule has 0 aromatic carbocycles. The quantitative estimate of drug-likeness (QED) is 0.791. The van der Waals surface area contributed by atoms with E-state index in [1.165, 1.54) is 44.2 Å². The zero-order chi connectivity index (χ0) is 15.6. The van der Waals surface area contributed by atoms with Crippen molar-refractivity contribution in [3.05, 3.63) is 34.7 Å². The summed E-state index contributed by atoms with van der Waals surface area (Å²) in [5, 5.41) is 0. The molecule has 1 saturated heterocycles. The lowest BCUT2D eigenvalue weighted by atomic mass is 10.0. The van der Waals surface area contributed by atoms with E-state index in [4.69, 9.17) is 4.98 Å². The van der Waals surface area contributed by atoms with Crippen LogP contribution in [0.1, 0.15) is 50.1 Å². The molecular weight excluding hydrogens is 352 g/mol. The summed E-state index contributed by atoms with van der Waals surface area (Å²) in [6.07, 6.45) is 11.5. The van der Waals surface area contributed by atoms with Crippen LogP contribution < -0.4 is 4.90 Å². The van der Waals surface area contributed by atoms with E-state index in [9.17, 15) is 0 Å². The van der Waals surface area contributed by atoms with E-state index in [-0.39, 0.29) is 0 Å². The highest BCUT2D eigenvalue weighted by Crippen LogP contribution is 2.37.